The normalized spacial score (nSPS) is 15.0. The minimum Gasteiger partial charge on any atom is -0.330 e. The first-order chi connectivity index (χ1) is 8.01. The first-order valence-electron chi connectivity index (χ1n) is 5.86. The highest BCUT2D eigenvalue weighted by Crippen LogP contribution is 2.29. The van der Waals surface area contributed by atoms with Crippen molar-refractivity contribution in [2.75, 3.05) is 13.1 Å². The number of nitrogens with two attached hydrogens (primary N) is 2. The molecule has 96 valence electrons. The SMILES string of the molecule is CC(c1ccc(F)c(F)c1)C(C)C(CN)CN. The summed E-state index contributed by atoms with van der Waals surface area (Å²) in [4.78, 5) is 0. The molecule has 2 nitrogen and oxygen atoms in total. The van der Waals surface area contributed by atoms with Crippen LogP contribution in [-0.2, 0) is 0 Å². The van der Waals surface area contributed by atoms with Crippen LogP contribution in [0.5, 0.6) is 0 Å². The summed E-state index contributed by atoms with van der Waals surface area (Å²) in [5, 5.41) is 0. The van der Waals surface area contributed by atoms with Gasteiger partial charge in [0.25, 0.3) is 0 Å². The van der Waals surface area contributed by atoms with E-state index in [-0.39, 0.29) is 17.8 Å². The molecule has 17 heavy (non-hydrogen) atoms. The van der Waals surface area contributed by atoms with E-state index in [0.29, 0.717) is 13.1 Å². The monoisotopic (exact) mass is 242 g/mol. The van der Waals surface area contributed by atoms with E-state index in [9.17, 15) is 8.78 Å². The van der Waals surface area contributed by atoms with Gasteiger partial charge in [-0.05, 0) is 48.5 Å². The predicted molar refractivity (Wildman–Crippen MR) is 65.5 cm³/mol. The summed E-state index contributed by atoms with van der Waals surface area (Å²) in [7, 11) is 0. The van der Waals surface area contributed by atoms with E-state index in [1.54, 1.807) is 6.07 Å². The molecule has 0 aliphatic heterocycles. The molecule has 0 aliphatic carbocycles. The van der Waals surface area contributed by atoms with Crippen molar-refractivity contribution in [3.63, 3.8) is 0 Å². The molecular weight excluding hydrogens is 222 g/mol. The van der Waals surface area contributed by atoms with Crippen molar-refractivity contribution < 1.29 is 8.78 Å². The maximum atomic E-state index is 13.1. The van der Waals surface area contributed by atoms with Gasteiger partial charge in [0.2, 0.25) is 0 Å². The number of hydrogen-bond acceptors (Lipinski definition) is 2. The van der Waals surface area contributed by atoms with Crippen LogP contribution < -0.4 is 11.5 Å². The average molecular weight is 242 g/mol. The van der Waals surface area contributed by atoms with Crippen molar-refractivity contribution in [3.05, 3.63) is 35.4 Å². The van der Waals surface area contributed by atoms with Crippen molar-refractivity contribution in [3.8, 4) is 0 Å². The molecule has 0 amide bonds. The molecule has 0 saturated carbocycles. The van der Waals surface area contributed by atoms with Gasteiger partial charge in [0.05, 0.1) is 0 Å². The van der Waals surface area contributed by atoms with Gasteiger partial charge >= 0.3 is 0 Å². The second kappa shape index (κ2) is 6.07. The third-order valence-corrected chi connectivity index (χ3v) is 3.61. The molecule has 0 fully saturated rings. The molecule has 4 heteroatoms. The second-order valence-corrected chi connectivity index (χ2v) is 4.55. The van der Waals surface area contributed by atoms with E-state index >= 15 is 0 Å². The molecule has 0 aromatic heterocycles. The van der Waals surface area contributed by atoms with Crippen LogP contribution in [0.1, 0.15) is 25.3 Å². The minimum absolute atomic E-state index is 0.0993. The zero-order valence-electron chi connectivity index (χ0n) is 10.3. The fraction of sp³-hybridized carbons (Fsp3) is 0.538. The molecule has 0 radical (unpaired) electrons. The Bertz CT molecular complexity index is 364. The highest BCUT2D eigenvalue weighted by molar-refractivity contribution is 5.22. The third kappa shape index (κ3) is 3.23. The summed E-state index contributed by atoms with van der Waals surface area (Å²) in [6, 6.07) is 4.03. The maximum Gasteiger partial charge on any atom is 0.159 e. The lowest BCUT2D eigenvalue weighted by atomic mass is 9.80. The summed E-state index contributed by atoms with van der Waals surface area (Å²) in [6.45, 7) is 5.03. The summed E-state index contributed by atoms with van der Waals surface area (Å²) in [6.07, 6.45) is 0. The van der Waals surface area contributed by atoms with Gasteiger partial charge < -0.3 is 11.5 Å². The smallest absolute Gasteiger partial charge is 0.159 e. The molecule has 0 saturated heterocycles. The largest absolute Gasteiger partial charge is 0.330 e. The fourth-order valence-electron chi connectivity index (χ4n) is 2.03. The van der Waals surface area contributed by atoms with Crippen LogP contribution >= 0.6 is 0 Å². The summed E-state index contributed by atoms with van der Waals surface area (Å²) in [5.74, 6) is -1.10. The Morgan fingerprint density at radius 2 is 1.65 bits per heavy atom. The highest BCUT2D eigenvalue weighted by atomic mass is 19.2. The molecular formula is C13H20F2N2. The number of benzene rings is 1. The molecule has 0 bridgehead atoms. The van der Waals surface area contributed by atoms with Gasteiger partial charge in [-0.1, -0.05) is 19.9 Å². The Hall–Kier alpha value is -1.00. The van der Waals surface area contributed by atoms with Crippen molar-refractivity contribution in [1.29, 1.82) is 0 Å². The van der Waals surface area contributed by atoms with E-state index in [2.05, 4.69) is 0 Å². The van der Waals surface area contributed by atoms with Gasteiger partial charge in [-0.3, -0.25) is 0 Å². The van der Waals surface area contributed by atoms with Crippen molar-refractivity contribution >= 4 is 0 Å². The van der Waals surface area contributed by atoms with E-state index in [1.807, 2.05) is 13.8 Å². The van der Waals surface area contributed by atoms with E-state index in [1.165, 1.54) is 6.07 Å². The van der Waals surface area contributed by atoms with E-state index < -0.39 is 11.6 Å². The van der Waals surface area contributed by atoms with E-state index in [4.69, 9.17) is 11.5 Å². The molecule has 1 aromatic carbocycles. The standard InChI is InChI=1S/C13H20F2N2/c1-8(9(2)11(6-16)7-17)10-3-4-12(14)13(15)5-10/h3-5,8-9,11H,6-7,16-17H2,1-2H3. The molecule has 1 rings (SSSR count). The lowest BCUT2D eigenvalue weighted by Gasteiger charge is -2.27. The Labute approximate surface area is 101 Å². The van der Waals surface area contributed by atoms with Crippen molar-refractivity contribution in [2.45, 2.75) is 19.8 Å². The Morgan fingerprint density at radius 1 is 1.06 bits per heavy atom. The quantitative estimate of drug-likeness (QED) is 0.832. The summed E-state index contributed by atoms with van der Waals surface area (Å²) >= 11 is 0. The minimum atomic E-state index is -0.817. The molecule has 4 N–H and O–H groups in total. The highest BCUT2D eigenvalue weighted by Gasteiger charge is 2.22. The van der Waals surface area contributed by atoms with E-state index in [0.717, 1.165) is 11.6 Å². The van der Waals surface area contributed by atoms with Crippen LogP contribution in [0.25, 0.3) is 0 Å². The first-order valence-corrected chi connectivity index (χ1v) is 5.86. The maximum absolute atomic E-state index is 13.1. The molecule has 2 unspecified atom stereocenters. The average Bonchev–Trinajstić information content (AvgIpc) is 2.33. The van der Waals surface area contributed by atoms with Crippen molar-refractivity contribution in [1.82, 2.24) is 0 Å². The summed E-state index contributed by atoms with van der Waals surface area (Å²) < 4.78 is 26.0. The first kappa shape index (κ1) is 14.1. The third-order valence-electron chi connectivity index (χ3n) is 3.61. The Kier molecular flexibility index (Phi) is 5.02. The van der Waals surface area contributed by atoms with Crippen LogP contribution in [0.4, 0.5) is 8.78 Å². The topological polar surface area (TPSA) is 52.0 Å². The Balaban J connectivity index is 2.87. The van der Waals surface area contributed by atoms with Gasteiger partial charge in [0.15, 0.2) is 11.6 Å². The van der Waals surface area contributed by atoms with Crippen LogP contribution in [-0.4, -0.2) is 13.1 Å². The van der Waals surface area contributed by atoms with Crippen LogP contribution in [0.3, 0.4) is 0 Å². The zero-order chi connectivity index (χ0) is 13.0. The number of rotatable bonds is 5. The number of halogens is 2. The number of hydrogen-bond donors (Lipinski definition) is 2. The molecule has 0 spiro atoms. The lowest BCUT2D eigenvalue weighted by Crippen LogP contribution is -2.31. The van der Waals surface area contributed by atoms with Gasteiger partial charge in [-0.15, -0.1) is 0 Å². The van der Waals surface area contributed by atoms with Gasteiger partial charge in [0.1, 0.15) is 0 Å². The molecule has 0 heterocycles. The van der Waals surface area contributed by atoms with Gasteiger partial charge in [0, 0.05) is 0 Å². The van der Waals surface area contributed by atoms with Gasteiger partial charge in [-0.25, -0.2) is 8.78 Å². The zero-order valence-corrected chi connectivity index (χ0v) is 10.3. The van der Waals surface area contributed by atoms with Crippen LogP contribution in [0.2, 0.25) is 0 Å². The molecule has 0 aliphatic rings. The van der Waals surface area contributed by atoms with Crippen LogP contribution in [0.15, 0.2) is 18.2 Å². The fourth-order valence-corrected chi connectivity index (χ4v) is 2.03. The second-order valence-electron chi connectivity index (χ2n) is 4.55. The van der Waals surface area contributed by atoms with Crippen LogP contribution in [0, 0.1) is 23.5 Å². The predicted octanol–water partition coefficient (Wildman–Crippen LogP) is 2.24. The molecule has 2 atom stereocenters. The van der Waals surface area contributed by atoms with Crippen molar-refractivity contribution in [2.24, 2.45) is 23.3 Å². The van der Waals surface area contributed by atoms with Gasteiger partial charge in [-0.2, -0.15) is 0 Å². The lowest BCUT2D eigenvalue weighted by molar-refractivity contribution is 0.327. The Morgan fingerprint density at radius 3 is 2.12 bits per heavy atom. The summed E-state index contributed by atoms with van der Waals surface area (Å²) in [5.41, 5.74) is 12.1. The molecule has 1 aromatic rings.